The quantitative estimate of drug-likeness (QED) is 0.846. The van der Waals surface area contributed by atoms with E-state index in [0.29, 0.717) is 11.2 Å². The van der Waals surface area contributed by atoms with Crippen molar-refractivity contribution in [1.29, 1.82) is 0 Å². The van der Waals surface area contributed by atoms with Crippen molar-refractivity contribution in [2.24, 2.45) is 5.41 Å². The Morgan fingerprint density at radius 3 is 2.62 bits per heavy atom. The van der Waals surface area contributed by atoms with E-state index in [1.807, 2.05) is 6.07 Å². The Bertz CT molecular complexity index is 369. The predicted octanol–water partition coefficient (Wildman–Crippen LogP) is 2.38. The number of hydrogen-bond acceptors (Lipinski definition) is 2. The Morgan fingerprint density at radius 2 is 2.19 bits per heavy atom. The van der Waals surface area contributed by atoms with Gasteiger partial charge in [-0.3, -0.25) is 0 Å². The molecule has 0 spiro atoms. The largest absolute Gasteiger partial charge is 0.494 e. The summed E-state index contributed by atoms with van der Waals surface area (Å²) in [5, 5.41) is 3.29. The maximum absolute atomic E-state index is 13.5. The van der Waals surface area contributed by atoms with E-state index in [0.717, 1.165) is 31.5 Å². The van der Waals surface area contributed by atoms with Gasteiger partial charge in [0.15, 0.2) is 11.6 Å². The Hall–Kier alpha value is -1.09. The normalized spacial score (nSPS) is 17.9. The Kier molecular flexibility index (Phi) is 3.15. The summed E-state index contributed by atoms with van der Waals surface area (Å²) in [6, 6.07) is 5.26. The molecule has 2 nitrogen and oxygen atoms in total. The summed E-state index contributed by atoms with van der Waals surface area (Å²) in [6.07, 6.45) is 2.07. The Morgan fingerprint density at radius 1 is 1.44 bits per heavy atom. The van der Waals surface area contributed by atoms with Gasteiger partial charge in [-0.2, -0.15) is 0 Å². The van der Waals surface area contributed by atoms with Crippen molar-refractivity contribution in [2.45, 2.75) is 19.8 Å². The highest BCUT2D eigenvalue weighted by Crippen LogP contribution is 2.32. The first kappa shape index (κ1) is 11.4. The molecule has 0 aliphatic carbocycles. The highest BCUT2D eigenvalue weighted by atomic mass is 19.1. The maximum atomic E-state index is 13.5. The second kappa shape index (κ2) is 4.42. The minimum absolute atomic E-state index is 0.265. The van der Waals surface area contributed by atoms with Gasteiger partial charge in [0.1, 0.15) is 0 Å². The van der Waals surface area contributed by atoms with Crippen LogP contribution in [0.25, 0.3) is 0 Å². The SMILES string of the molecule is CCC1(Cc2ccc(OC)c(F)c2)CNC1. The van der Waals surface area contributed by atoms with Crippen LogP contribution in [0.5, 0.6) is 5.75 Å². The van der Waals surface area contributed by atoms with Gasteiger partial charge in [-0.25, -0.2) is 4.39 Å². The zero-order valence-electron chi connectivity index (χ0n) is 9.85. The van der Waals surface area contributed by atoms with Gasteiger partial charge in [-0.1, -0.05) is 13.0 Å². The third-order valence-electron chi connectivity index (χ3n) is 3.55. The molecule has 1 aliphatic rings. The molecule has 0 unspecified atom stereocenters. The molecule has 1 heterocycles. The minimum atomic E-state index is -0.265. The van der Waals surface area contributed by atoms with E-state index in [-0.39, 0.29) is 5.82 Å². The molecular weight excluding hydrogens is 205 g/mol. The van der Waals surface area contributed by atoms with Gasteiger partial charge in [0.2, 0.25) is 0 Å². The first-order chi connectivity index (χ1) is 7.69. The molecule has 1 aromatic carbocycles. The molecule has 1 aromatic rings. The van der Waals surface area contributed by atoms with E-state index in [1.165, 1.54) is 7.11 Å². The first-order valence-electron chi connectivity index (χ1n) is 5.72. The fraction of sp³-hybridized carbons (Fsp3) is 0.538. The molecular formula is C13H18FNO. The Labute approximate surface area is 95.8 Å². The summed E-state index contributed by atoms with van der Waals surface area (Å²) < 4.78 is 18.4. The van der Waals surface area contributed by atoms with Crippen molar-refractivity contribution in [2.75, 3.05) is 20.2 Å². The van der Waals surface area contributed by atoms with E-state index in [1.54, 1.807) is 12.1 Å². The van der Waals surface area contributed by atoms with Gasteiger partial charge >= 0.3 is 0 Å². The topological polar surface area (TPSA) is 21.3 Å². The second-order valence-electron chi connectivity index (χ2n) is 4.60. The molecule has 3 heteroatoms. The molecule has 1 fully saturated rings. The van der Waals surface area contributed by atoms with Crippen LogP contribution in [0, 0.1) is 11.2 Å². The number of halogens is 1. The van der Waals surface area contributed by atoms with Gasteiger partial charge in [-0.15, -0.1) is 0 Å². The summed E-state index contributed by atoms with van der Waals surface area (Å²) in [4.78, 5) is 0. The molecule has 0 bridgehead atoms. The summed E-state index contributed by atoms with van der Waals surface area (Å²) in [6.45, 7) is 4.27. The number of methoxy groups -OCH3 is 1. The third kappa shape index (κ3) is 2.05. The van der Waals surface area contributed by atoms with Gasteiger partial charge in [0.25, 0.3) is 0 Å². The second-order valence-corrected chi connectivity index (χ2v) is 4.60. The Balaban J connectivity index is 2.13. The van der Waals surface area contributed by atoms with Gasteiger partial charge in [0, 0.05) is 13.1 Å². The summed E-state index contributed by atoms with van der Waals surface area (Å²) >= 11 is 0. The average Bonchev–Trinajstić information content (AvgIpc) is 2.24. The lowest BCUT2D eigenvalue weighted by Gasteiger charge is -2.42. The average molecular weight is 223 g/mol. The van der Waals surface area contributed by atoms with Crippen molar-refractivity contribution < 1.29 is 9.13 Å². The van der Waals surface area contributed by atoms with E-state index < -0.39 is 0 Å². The highest BCUT2D eigenvalue weighted by molar-refractivity contribution is 5.30. The van der Waals surface area contributed by atoms with Gasteiger partial charge in [0.05, 0.1) is 7.11 Å². The third-order valence-corrected chi connectivity index (χ3v) is 3.55. The van der Waals surface area contributed by atoms with E-state index >= 15 is 0 Å². The van der Waals surface area contributed by atoms with Crippen molar-refractivity contribution in [1.82, 2.24) is 5.32 Å². The van der Waals surface area contributed by atoms with Crippen LogP contribution in [0.4, 0.5) is 4.39 Å². The zero-order chi connectivity index (χ0) is 11.6. The summed E-state index contributed by atoms with van der Waals surface area (Å²) in [5.41, 5.74) is 1.39. The fourth-order valence-electron chi connectivity index (χ4n) is 2.23. The lowest BCUT2D eigenvalue weighted by Crippen LogP contribution is -2.54. The van der Waals surface area contributed by atoms with Gasteiger partial charge in [-0.05, 0) is 36.0 Å². The molecule has 0 atom stereocenters. The maximum Gasteiger partial charge on any atom is 0.165 e. The van der Waals surface area contributed by atoms with Crippen LogP contribution < -0.4 is 10.1 Å². The lowest BCUT2D eigenvalue weighted by molar-refractivity contribution is 0.160. The van der Waals surface area contributed by atoms with Crippen LogP contribution in [0.3, 0.4) is 0 Å². The molecule has 0 saturated carbocycles. The van der Waals surface area contributed by atoms with Crippen molar-refractivity contribution in [3.05, 3.63) is 29.6 Å². The van der Waals surface area contributed by atoms with Crippen LogP contribution in [0.2, 0.25) is 0 Å². The number of hydrogen-bond donors (Lipinski definition) is 1. The standard InChI is InChI=1S/C13H18FNO/c1-3-13(8-15-9-13)7-10-4-5-12(16-2)11(14)6-10/h4-6,15H,3,7-9H2,1-2H3. The molecule has 16 heavy (non-hydrogen) atoms. The molecule has 1 aliphatic heterocycles. The van der Waals surface area contributed by atoms with E-state index in [9.17, 15) is 4.39 Å². The fourth-order valence-corrected chi connectivity index (χ4v) is 2.23. The van der Waals surface area contributed by atoms with E-state index in [4.69, 9.17) is 4.74 Å². The van der Waals surface area contributed by atoms with Crippen LogP contribution in [0.15, 0.2) is 18.2 Å². The van der Waals surface area contributed by atoms with Crippen molar-refractivity contribution in [3.63, 3.8) is 0 Å². The minimum Gasteiger partial charge on any atom is -0.494 e. The summed E-state index contributed by atoms with van der Waals surface area (Å²) in [7, 11) is 1.49. The molecule has 88 valence electrons. The van der Waals surface area contributed by atoms with Crippen LogP contribution in [-0.4, -0.2) is 20.2 Å². The number of ether oxygens (including phenoxy) is 1. The molecule has 0 aromatic heterocycles. The molecule has 1 saturated heterocycles. The van der Waals surface area contributed by atoms with Crippen LogP contribution >= 0.6 is 0 Å². The van der Waals surface area contributed by atoms with E-state index in [2.05, 4.69) is 12.2 Å². The molecule has 0 radical (unpaired) electrons. The highest BCUT2D eigenvalue weighted by Gasteiger charge is 2.34. The monoisotopic (exact) mass is 223 g/mol. The van der Waals surface area contributed by atoms with Crippen molar-refractivity contribution >= 4 is 0 Å². The zero-order valence-corrected chi connectivity index (χ0v) is 9.85. The van der Waals surface area contributed by atoms with Crippen LogP contribution in [-0.2, 0) is 6.42 Å². The number of nitrogens with one attached hydrogen (secondary N) is 1. The number of rotatable bonds is 4. The molecule has 2 rings (SSSR count). The van der Waals surface area contributed by atoms with Crippen LogP contribution in [0.1, 0.15) is 18.9 Å². The molecule has 1 N–H and O–H groups in total. The van der Waals surface area contributed by atoms with Gasteiger partial charge < -0.3 is 10.1 Å². The smallest absolute Gasteiger partial charge is 0.165 e. The predicted molar refractivity (Wildman–Crippen MR) is 62.2 cm³/mol. The first-order valence-corrected chi connectivity index (χ1v) is 5.72. The number of benzene rings is 1. The molecule has 0 amide bonds. The summed E-state index contributed by atoms with van der Waals surface area (Å²) in [5.74, 6) is 0.0552. The van der Waals surface area contributed by atoms with Crippen molar-refractivity contribution in [3.8, 4) is 5.75 Å². The lowest BCUT2D eigenvalue weighted by atomic mass is 9.74.